The standard InChI is InChI=1S/C50H50N6O2S2/c1-6-7-8-9-14-32(4)30-58-36-24-20-34(21-25-36)45-43-42(46(55-45)37(27-51)48-53-39-15-10-11-16-40(39)59-48)44(33-18-22-35(23-19-33)57-29-31(2)3)56-47(43)38(28-52)49-54-41-17-12-13-26-50(41,5)60-49/h10-13,15-26,31-32,41,55-56H,6-9,14,29-30H2,1-5H3. The Balaban J connectivity index is 1.35. The first-order valence-electron chi connectivity index (χ1n) is 21.0. The lowest BCUT2D eigenvalue weighted by Crippen LogP contribution is -2.28. The second kappa shape index (κ2) is 17.8. The second-order valence-electron chi connectivity index (χ2n) is 16.4. The molecule has 8 rings (SSSR count). The highest BCUT2D eigenvalue weighted by Crippen LogP contribution is 2.44. The first-order chi connectivity index (χ1) is 29.2. The van der Waals surface area contributed by atoms with Crippen molar-refractivity contribution in [3.63, 3.8) is 0 Å². The highest BCUT2D eigenvalue weighted by molar-refractivity contribution is 8.16. The number of nitrogens with zero attached hydrogens (tertiary/aromatic N) is 4. The van der Waals surface area contributed by atoms with Crippen molar-refractivity contribution in [2.45, 2.75) is 77.5 Å². The van der Waals surface area contributed by atoms with Gasteiger partial charge < -0.3 is 19.4 Å². The molecule has 2 N–H and O–H groups in total. The van der Waals surface area contributed by atoms with Crippen molar-refractivity contribution >= 4 is 60.3 Å². The zero-order valence-electron chi connectivity index (χ0n) is 34.8. The summed E-state index contributed by atoms with van der Waals surface area (Å²) in [4.78, 5) is 17.5. The van der Waals surface area contributed by atoms with E-state index < -0.39 is 0 Å². The maximum Gasteiger partial charge on any atom is 0.137 e. The summed E-state index contributed by atoms with van der Waals surface area (Å²) in [7, 11) is 0. The Bertz CT molecular complexity index is 2790. The van der Waals surface area contributed by atoms with Crippen LogP contribution in [0.2, 0.25) is 0 Å². The number of hydrogen-bond acceptors (Lipinski definition) is 8. The highest BCUT2D eigenvalue weighted by atomic mass is 32.2. The molecule has 0 radical (unpaired) electrons. The molecule has 0 saturated carbocycles. The van der Waals surface area contributed by atoms with E-state index in [0.29, 0.717) is 56.9 Å². The molecular weight excluding hydrogens is 781 g/mol. The minimum Gasteiger partial charge on any atom is -0.493 e. The Hall–Kier alpha value is -5.81. The number of fused-ring (bicyclic) bond motifs is 3. The van der Waals surface area contributed by atoms with Gasteiger partial charge in [0.15, 0.2) is 0 Å². The number of nitrogens with one attached hydrogen (secondary N) is 2. The predicted octanol–water partition coefficient (Wildman–Crippen LogP) is 11.3. The highest BCUT2D eigenvalue weighted by Gasteiger charge is 2.40. The van der Waals surface area contributed by atoms with Gasteiger partial charge in [-0.1, -0.05) is 102 Å². The summed E-state index contributed by atoms with van der Waals surface area (Å²) in [6.07, 6.45) is 14.5. The van der Waals surface area contributed by atoms with E-state index in [-0.39, 0.29) is 10.8 Å². The summed E-state index contributed by atoms with van der Waals surface area (Å²) in [6, 6.07) is 29.1. The van der Waals surface area contributed by atoms with Crippen molar-refractivity contribution < 1.29 is 9.47 Å². The van der Waals surface area contributed by atoms with Crippen LogP contribution in [0.4, 0.5) is 0 Å². The monoisotopic (exact) mass is 830 g/mol. The van der Waals surface area contributed by atoms with Crippen molar-refractivity contribution in [2.75, 3.05) is 13.2 Å². The molecule has 8 nitrogen and oxygen atoms in total. The number of benzene rings is 3. The van der Waals surface area contributed by atoms with E-state index in [1.165, 1.54) is 37.0 Å². The molecule has 3 atom stereocenters. The molecule has 60 heavy (non-hydrogen) atoms. The van der Waals surface area contributed by atoms with Gasteiger partial charge in [0.2, 0.25) is 0 Å². The number of para-hydroxylation sites is 1. The Morgan fingerprint density at radius 1 is 0.800 bits per heavy atom. The Morgan fingerprint density at radius 3 is 2.03 bits per heavy atom. The van der Waals surface area contributed by atoms with Crippen LogP contribution in [0.3, 0.4) is 0 Å². The van der Waals surface area contributed by atoms with Gasteiger partial charge in [0.1, 0.15) is 44.8 Å². The molecule has 1 aliphatic heterocycles. The minimum absolute atomic E-state index is 0.0976. The summed E-state index contributed by atoms with van der Waals surface area (Å²) < 4.78 is 13.1. The minimum atomic E-state index is -0.309. The maximum atomic E-state index is 11.1. The van der Waals surface area contributed by atoms with Crippen LogP contribution in [0.5, 0.6) is 11.5 Å². The molecular formula is C50H50N6O2S2. The number of thioether (sulfide) groups is 1. The van der Waals surface area contributed by atoms with Crippen LogP contribution in [0.1, 0.15) is 71.7 Å². The molecule has 3 aromatic carbocycles. The van der Waals surface area contributed by atoms with Gasteiger partial charge in [0, 0.05) is 10.8 Å². The molecule has 2 aliphatic rings. The molecule has 0 spiro atoms. The number of allylic oxidation sites excluding steroid dienone is 2. The number of thiazole rings is 1. The number of aromatic nitrogens is 3. The Kier molecular flexibility index (Phi) is 12.2. The summed E-state index contributed by atoms with van der Waals surface area (Å²) in [5.74, 6) is 2.42. The molecule has 0 bridgehead atoms. The van der Waals surface area contributed by atoms with Crippen molar-refractivity contribution in [3.05, 3.63) is 113 Å². The molecule has 304 valence electrons. The van der Waals surface area contributed by atoms with E-state index >= 15 is 0 Å². The van der Waals surface area contributed by atoms with Gasteiger partial charge in [0.05, 0.1) is 56.3 Å². The van der Waals surface area contributed by atoms with E-state index in [1.54, 1.807) is 11.8 Å². The lowest BCUT2D eigenvalue weighted by molar-refractivity contribution is 0.249. The topological polar surface area (TPSA) is 123 Å². The fraction of sp³-hybridized carbons (Fsp3) is 0.320. The third kappa shape index (κ3) is 8.32. The van der Waals surface area contributed by atoms with Crippen LogP contribution in [-0.4, -0.2) is 44.0 Å². The summed E-state index contributed by atoms with van der Waals surface area (Å²) in [5, 5.41) is 26.3. The fourth-order valence-corrected chi connectivity index (χ4v) is 10.0. The van der Waals surface area contributed by atoms with Gasteiger partial charge in [0.25, 0.3) is 0 Å². The zero-order chi connectivity index (χ0) is 41.8. The molecule has 6 aromatic rings. The van der Waals surface area contributed by atoms with Crippen LogP contribution in [0.25, 0.3) is 54.7 Å². The van der Waals surface area contributed by atoms with Crippen LogP contribution >= 0.6 is 23.1 Å². The number of aliphatic imine (C=N–C) groups is 1. The zero-order valence-corrected chi connectivity index (χ0v) is 36.5. The maximum absolute atomic E-state index is 11.1. The average Bonchev–Trinajstić information content (AvgIpc) is 4.04. The van der Waals surface area contributed by atoms with Crippen LogP contribution in [0, 0.1) is 34.5 Å². The normalized spacial score (nSPS) is 18.6. The lowest BCUT2D eigenvalue weighted by Gasteiger charge is -2.25. The number of H-pyrrole nitrogens is 2. The van der Waals surface area contributed by atoms with E-state index in [4.69, 9.17) is 19.5 Å². The quantitative estimate of drug-likeness (QED) is 0.0994. The molecule has 3 unspecified atom stereocenters. The third-order valence-electron chi connectivity index (χ3n) is 11.1. The number of rotatable bonds is 15. The number of ether oxygens (including phenoxy) is 2. The van der Waals surface area contributed by atoms with E-state index in [9.17, 15) is 10.5 Å². The molecule has 3 aromatic heterocycles. The molecule has 0 fully saturated rings. The van der Waals surface area contributed by atoms with Gasteiger partial charge >= 0.3 is 0 Å². The van der Waals surface area contributed by atoms with Crippen molar-refractivity contribution in [1.29, 1.82) is 10.5 Å². The van der Waals surface area contributed by atoms with Crippen molar-refractivity contribution in [1.82, 2.24) is 15.0 Å². The number of aromatic amines is 2. The number of unbranched alkanes of at least 4 members (excludes halogenated alkanes) is 3. The SMILES string of the molecule is CCCCCCC(C)COc1ccc(-c2[nH]c(=C(C#N)c3nc4ccccc4s3)c3c(-c4ccc(OCC(C)C)cc4)[nH]c(=C(C#N)C4=NC5C=CC=CC5(C)S4)c23)cc1. The van der Waals surface area contributed by atoms with Gasteiger partial charge in [-0.2, -0.15) is 10.5 Å². The van der Waals surface area contributed by atoms with Crippen molar-refractivity contribution in [3.8, 4) is 46.2 Å². The molecule has 0 amide bonds. The smallest absolute Gasteiger partial charge is 0.137 e. The summed E-state index contributed by atoms with van der Waals surface area (Å²) >= 11 is 3.09. The Labute approximate surface area is 360 Å². The van der Waals surface area contributed by atoms with Crippen molar-refractivity contribution in [2.24, 2.45) is 16.8 Å². The largest absolute Gasteiger partial charge is 0.493 e. The van der Waals surface area contributed by atoms with Gasteiger partial charge in [-0.25, -0.2) is 4.98 Å². The van der Waals surface area contributed by atoms with Crippen LogP contribution in [0.15, 0.2) is 102 Å². The van der Waals surface area contributed by atoms with E-state index in [0.717, 1.165) is 61.4 Å². The molecule has 0 saturated heterocycles. The first-order valence-corrected chi connectivity index (χ1v) is 22.6. The lowest BCUT2D eigenvalue weighted by atomic mass is 9.97. The predicted molar refractivity (Wildman–Crippen MR) is 249 cm³/mol. The molecule has 4 heterocycles. The summed E-state index contributed by atoms with van der Waals surface area (Å²) in [6.45, 7) is 12.2. The molecule has 1 aliphatic carbocycles. The van der Waals surface area contributed by atoms with E-state index in [2.05, 4.69) is 81.0 Å². The van der Waals surface area contributed by atoms with Gasteiger partial charge in [-0.15, -0.1) is 11.3 Å². The van der Waals surface area contributed by atoms with Crippen LogP contribution in [-0.2, 0) is 0 Å². The van der Waals surface area contributed by atoms with Gasteiger partial charge in [-0.3, -0.25) is 4.99 Å². The van der Waals surface area contributed by atoms with Gasteiger partial charge in [-0.05, 0) is 97.0 Å². The Morgan fingerprint density at radius 2 is 1.43 bits per heavy atom. The molecule has 10 heteroatoms. The average molecular weight is 831 g/mol. The number of nitriles is 2. The fourth-order valence-electron chi connectivity index (χ4n) is 7.85. The van der Waals surface area contributed by atoms with Crippen LogP contribution < -0.4 is 20.2 Å². The number of hydrogen-bond donors (Lipinski definition) is 2. The van der Waals surface area contributed by atoms with E-state index in [1.807, 2.05) is 72.8 Å². The third-order valence-corrected chi connectivity index (χ3v) is 13.5. The summed E-state index contributed by atoms with van der Waals surface area (Å²) in [5.41, 5.74) is 5.03. The second-order valence-corrected chi connectivity index (χ2v) is 18.9. The first kappa shape index (κ1) is 40.9.